The second kappa shape index (κ2) is 7.27. The Morgan fingerprint density at radius 1 is 0.750 bits per heavy atom. The molecule has 0 fully saturated rings. The van der Waals surface area contributed by atoms with Gasteiger partial charge in [0, 0.05) is 11.6 Å². The van der Waals surface area contributed by atoms with Crippen LogP contribution in [-0.2, 0) is 0 Å². The maximum absolute atomic E-state index is 4.99. The van der Waals surface area contributed by atoms with Gasteiger partial charge in [-0.25, -0.2) is 0 Å². The summed E-state index contributed by atoms with van der Waals surface area (Å²) < 4.78 is 0. The van der Waals surface area contributed by atoms with E-state index in [4.69, 9.17) is 4.99 Å². The highest BCUT2D eigenvalue weighted by Gasteiger charge is 2.17. The van der Waals surface area contributed by atoms with E-state index in [1.807, 2.05) is 0 Å². The molecule has 0 N–H and O–H groups in total. The third kappa shape index (κ3) is 3.62. The fourth-order valence-electron chi connectivity index (χ4n) is 3.06. The molecular formula is C23H23N. The number of aliphatic imine (C=N–C) groups is 1. The molecule has 0 saturated heterocycles. The first-order valence-corrected chi connectivity index (χ1v) is 8.37. The van der Waals surface area contributed by atoms with Crippen LogP contribution in [0.5, 0.6) is 0 Å². The first-order valence-electron chi connectivity index (χ1n) is 8.37. The van der Waals surface area contributed by atoms with Gasteiger partial charge in [-0.2, -0.15) is 0 Å². The fourth-order valence-corrected chi connectivity index (χ4v) is 3.06. The summed E-state index contributed by atoms with van der Waals surface area (Å²) in [6.45, 7) is 6.36. The van der Waals surface area contributed by atoms with Gasteiger partial charge in [0.1, 0.15) is 0 Å². The topological polar surface area (TPSA) is 12.4 Å². The first-order chi connectivity index (χ1) is 11.6. The second-order valence-electron chi connectivity index (χ2n) is 6.30. The van der Waals surface area contributed by atoms with Crippen LogP contribution in [0.4, 0.5) is 5.69 Å². The molecule has 0 aliphatic heterocycles. The summed E-state index contributed by atoms with van der Waals surface area (Å²) in [6, 6.07) is 27.6. The van der Waals surface area contributed by atoms with Crippen molar-refractivity contribution in [2.24, 2.45) is 4.99 Å². The van der Waals surface area contributed by atoms with Crippen LogP contribution in [0.1, 0.15) is 35.1 Å². The lowest BCUT2D eigenvalue weighted by molar-refractivity contribution is 1.06. The van der Waals surface area contributed by atoms with E-state index in [0.717, 1.165) is 11.4 Å². The molecule has 0 spiro atoms. The molecule has 0 aromatic heterocycles. The molecule has 0 amide bonds. The van der Waals surface area contributed by atoms with Crippen LogP contribution in [0.2, 0.25) is 0 Å². The summed E-state index contributed by atoms with van der Waals surface area (Å²) in [6.07, 6.45) is 0. The highest BCUT2D eigenvalue weighted by molar-refractivity contribution is 5.94. The maximum atomic E-state index is 4.99. The van der Waals surface area contributed by atoms with Gasteiger partial charge >= 0.3 is 0 Å². The largest absolute Gasteiger partial charge is 0.257 e. The molecule has 1 heteroatoms. The van der Waals surface area contributed by atoms with E-state index < -0.39 is 0 Å². The third-order valence-corrected chi connectivity index (χ3v) is 4.35. The summed E-state index contributed by atoms with van der Waals surface area (Å²) in [4.78, 5) is 4.99. The number of rotatable bonds is 4. The highest BCUT2D eigenvalue weighted by Crippen LogP contribution is 2.29. The third-order valence-electron chi connectivity index (χ3n) is 4.35. The number of aryl methyl sites for hydroxylation is 2. The van der Waals surface area contributed by atoms with Crippen molar-refractivity contribution in [1.82, 2.24) is 0 Å². The van der Waals surface area contributed by atoms with Crippen molar-refractivity contribution < 1.29 is 0 Å². The summed E-state index contributed by atoms with van der Waals surface area (Å²) >= 11 is 0. The lowest BCUT2D eigenvalue weighted by Crippen LogP contribution is -2.11. The Morgan fingerprint density at radius 2 is 1.29 bits per heavy atom. The van der Waals surface area contributed by atoms with Gasteiger partial charge in [-0.1, -0.05) is 72.8 Å². The second-order valence-corrected chi connectivity index (χ2v) is 6.30. The minimum Gasteiger partial charge on any atom is -0.257 e. The van der Waals surface area contributed by atoms with Crippen LogP contribution in [-0.4, -0.2) is 5.71 Å². The van der Waals surface area contributed by atoms with E-state index in [2.05, 4.69) is 99.6 Å². The van der Waals surface area contributed by atoms with Crippen LogP contribution in [0.3, 0.4) is 0 Å². The minimum atomic E-state index is 0.173. The first kappa shape index (κ1) is 16.2. The number of hydrogen-bond donors (Lipinski definition) is 0. The molecule has 3 rings (SSSR count). The molecule has 120 valence electrons. The molecule has 0 atom stereocenters. The Labute approximate surface area is 144 Å². The highest BCUT2D eigenvalue weighted by atomic mass is 14.8. The number of hydrogen-bond acceptors (Lipinski definition) is 1. The Morgan fingerprint density at radius 3 is 1.83 bits per heavy atom. The summed E-state index contributed by atoms with van der Waals surface area (Å²) in [5.41, 5.74) is 7.17. The number of benzene rings is 3. The molecule has 0 saturated carbocycles. The summed E-state index contributed by atoms with van der Waals surface area (Å²) in [7, 11) is 0. The minimum absolute atomic E-state index is 0.173. The van der Waals surface area contributed by atoms with Gasteiger partial charge in [-0.3, -0.25) is 4.99 Å². The van der Waals surface area contributed by atoms with E-state index in [1.54, 1.807) is 0 Å². The Bertz CT molecular complexity index is 793. The molecule has 0 heterocycles. The Kier molecular flexibility index (Phi) is 4.90. The molecule has 3 aromatic carbocycles. The quantitative estimate of drug-likeness (QED) is 0.506. The van der Waals surface area contributed by atoms with E-state index in [-0.39, 0.29) is 5.92 Å². The lowest BCUT2D eigenvalue weighted by atomic mass is 9.87. The van der Waals surface area contributed by atoms with Crippen molar-refractivity contribution in [3.63, 3.8) is 0 Å². The molecule has 1 nitrogen and oxygen atoms in total. The zero-order chi connectivity index (χ0) is 16.9. The van der Waals surface area contributed by atoms with E-state index >= 15 is 0 Å². The van der Waals surface area contributed by atoms with Crippen molar-refractivity contribution in [1.29, 1.82) is 0 Å². The molecule has 0 aliphatic carbocycles. The molecule has 3 aromatic rings. The van der Waals surface area contributed by atoms with Gasteiger partial charge in [0.2, 0.25) is 0 Å². The normalized spacial score (nSPS) is 11.8. The molecular weight excluding hydrogens is 290 g/mol. The lowest BCUT2D eigenvalue weighted by Gasteiger charge is -2.18. The van der Waals surface area contributed by atoms with Gasteiger partial charge in [0.15, 0.2) is 0 Å². The van der Waals surface area contributed by atoms with Crippen molar-refractivity contribution in [3.05, 3.63) is 101 Å². The van der Waals surface area contributed by atoms with Gasteiger partial charge in [0.25, 0.3) is 0 Å². The van der Waals surface area contributed by atoms with Crippen LogP contribution < -0.4 is 0 Å². The summed E-state index contributed by atoms with van der Waals surface area (Å²) in [5, 5.41) is 0. The fraction of sp³-hybridized carbons (Fsp3) is 0.174. The zero-order valence-electron chi connectivity index (χ0n) is 14.5. The Balaban J connectivity index is 2.08. The molecule has 0 bridgehead atoms. The van der Waals surface area contributed by atoms with Crippen molar-refractivity contribution >= 4 is 11.4 Å². The van der Waals surface area contributed by atoms with Gasteiger partial charge in [-0.05, 0) is 49.1 Å². The average Bonchev–Trinajstić information content (AvgIpc) is 2.60. The van der Waals surface area contributed by atoms with Crippen molar-refractivity contribution in [3.8, 4) is 0 Å². The molecule has 24 heavy (non-hydrogen) atoms. The monoisotopic (exact) mass is 313 g/mol. The maximum Gasteiger partial charge on any atom is 0.0661 e. The smallest absolute Gasteiger partial charge is 0.0661 e. The predicted octanol–water partition coefficient (Wildman–Crippen LogP) is 6.23. The predicted molar refractivity (Wildman–Crippen MR) is 103 cm³/mol. The van der Waals surface area contributed by atoms with Crippen LogP contribution in [0.25, 0.3) is 0 Å². The van der Waals surface area contributed by atoms with Crippen molar-refractivity contribution in [2.45, 2.75) is 26.7 Å². The molecule has 0 unspecified atom stereocenters. The van der Waals surface area contributed by atoms with Gasteiger partial charge in [0.05, 0.1) is 5.69 Å². The van der Waals surface area contributed by atoms with Crippen molar-refractivity contribution in [2.75, 3.05) is 0 Å². The van der Waals surface area contributed by atoms with Gasteiger partial charge in [-0.15, -0.1) is 0 Å². The molecule has 0 aliphatic rings. The van der Waals surface area contributed by atoms with Crippen LogP contribution in [0.15, 0.2) is 83.9 Å². The van der Waals surface area contributed by atoms with E-state index in [1.165, 1.54) is 22.3 Å². The zero-order valence-corrected chi connectivity index (χ0v) is 14.5. The summed E-state index contributed by atoms with van der Waals surface area (Å²) in [5.74, 6) is 0.173. The Hall–Kier alpha value is -2.67. The van der Waals surface area contributed by atoms with Crippen LogP contribution in [0, 0.1) is 13.8 Å². The van der Waals surface area contributed by atoms with E-state index in [0.29, 0.717) is 0 Å². The number of nitrogens with zero attached hydrogens (tertiary/aromatic N) is 1. The SMILES string of the molecule is C/C(=N\c1cc(C)ccc1C)C(c1ccccc1)c1ccccc1. The molecule has 0 radical (unpaired) electrons. The standard InChI is InChI=1S/C23H23N/c1-17-14-15-18(2)22(16-17)24-19(3)23(20-10-6-4-7-11-20)21-12-8-5-9-13-21/h4-16,23H,1-3H3/b24-19+. The van der Waals surface area contributed by atoms with E-state index in [9.17, 15) is 0 Å². The average molecular weight is 313 g/mol. The van der Waals surface area contributed by atoms with Gasteiger partial charge < -0.3 is 0 Å². The van der Waals surface area contributed by atoms with Crippen LogP contribution >= 0.6 is 0 Å².